The normalized spacial score (nSPS) is 12.6. The molecule has 0 atom stereocenters. The third-order valence-corrected chi connectivity index (χ3v) is 5.11. The lowest BCUT2D eigenvalue weighted by Crippen LogP contribution is -2.33. The third kappa shape index (κ3) is 3.70. The zero-order valence-electron chi connectivity index (χ0n) is 15.5. The van der Waals surface area contributed by atoms with Gasteiger partial charge in [0.2, 0.25) is 0 Å². The van der Waals surface area contributed by atoms with Gasteiger partial charge in [0.15, 0.2) is 17.3 Å². The molecule has 3 aromatic heterocycles. The summed E-state index contributed by atoms with van der Waals surface area (Å²) in [6.45, 7) is 3.30. The van der Waals surface area contributed by atoms with Crippen LogP contribution in [0.25, 0.3) is 22.7 Å². The highest BCUT2D eigenvalue weighted by Crippen LogP contribution is 2.44. The number of imidazole rings is 1. The number of alkyl halides is 5. The Morgan fingerprint density at radius 1 is 1.14 bits per heavy atom. The van der Waals surface area contributed by atoms with Crippen molar-refractivity contribution in [2.24, 2.45) is 7.05 Å². The number of thioether (sulfide) groups is 1. The van der Waals surface area contributed by atoms with Crippen LogP contribution in [0.4, 0.5) is 22.0 Å². The first-order valence-corrected chi connectivity index (χ1v) is 9.37. The van der Waals surface area contributed by atoms with Crippen molar-refractivity contribution < 1.29 is 26.7 Å². The molecule has 0 saturated heterocycles. The number of aryl methyl sites for hydroxylation is 1. The van der Waals surface area contributed by atoms with Gasteiger partial charge in [-0.25, -0.2) is 9.97 Å². The lowest BCUT2D eigenvalue weighted by atomic mass is 10.1. The van der Waals surface area contributed by atoms with Crippen molar-refractivity contribution in [3.63, 3.8) is 0 Å². The van der Waals surface area contributed by atoms with Crippen LogP contribution in [0.1, 0.15) is 29.8 Å². The van der Waals surface area contributed by atoms with Gasteiger partial charge in [0.25, 0.3) is 0 Å². The van der Waals surface area contributed by atoms with Crippen LogP contribution in [0.2, 0.25) is 0 Å². The highest BCUT2D eigenvalue weighted by molar-refractivity contribution is 7.99. The number of carbonyl (C=O) groups is 1. The fourth-order valence-electron chi connectivity index (χ4n) is 2.69. The van der Waals surface area contributed by atoms with Gasteiger partial charge in [-0.05, 0) is 24.8 Å². The molecular formula is C18H15F5N4OS. The molecule has 3 rings (SSSR count). The lowest BCUT2D eigenvalue weighted by Gasteiger charge is -2.19. The predicted molar refractivity (Wildman–Crippen MR) is 98.1 cm³/mol. The van der Waals surface area contributed by atoms with Crippen LogP contribution in [-0.2, 0) is 13.0 Å². The van der Waals surface area contributed by atoms with E-state index in [1.54, 1.807) is 13.1 Å². The minimum Gasteiger partial charge on any atom is -0.310 e. The summed E-state index contributed by atoms with van der Waals surface area (Å²) in [7, 11) is 1.56. The number of Topliss-reactive ketones (excluding diaryl/α,β-unsaturated/α-hetero) is 1. The van der Waals surface area contributed by atoms with Crippen molar-refractivity contribution in [1.82, 2.24) is 19.5 Å². The summed E-state index contributed by atoms with van der Waals surface area (Å²) >= 11 is 1.40. The van der Waals surface area contributed by atoms with E-state index in [4.69, 9.17) is 0 Å². The molecule has 3 aromatic rings. The largest absolute Gasteiger partial charge is 0.458 e. The molecule has 0 spiro atoms. The van der Waals surface area contributed by atoms with Crippen LogP contribution in [0.5, 0.6) is 0 Å². The Morgan fingerprint density at radius 3 is 2.41 bits per heavy atom. The maximum atomic E-state index is 13.7. The molecular weight excluding hydrogens is 415 g/mol. The van der Waals surface area contributed by atoms with Gasteiger partial charge in [-0.2, -0.15) is 22.0 Å². The number of rotatable bonds is 5. The number of carbonyl (C=O) groups excluding carboxylic acids is 1. The van der Waals surface area contributed by atoms with E-state index >= 15 is 0 Å². The lowest BCUT2D eigenvalue weighted by molar-refractivity contribution is -0.289. The Kier molecular flexibility index (Phi) is 5.37. The average molecular weight is 430 g/mol. The van der Waals surface area contributed by atoms with Crippen LogP contribution in [0.3, 0.4) is 0 Å². The second-order valence-electron chi connectivity index (χ2n) is 6.19. The third-order valence-electron chi connectivity index (χ3n) is 4.20. The number of nitrogens with zero attached hydrogens (tertiary/aromatic N) is 4. The van der Waals surface area contributed by atoms with Gasteiger partial charge in [0.1, 0.15) is 11.2 Å². The number of fused-ring (bicyclic) bond motifs is 1. The molecule has 0 unspecified atom stereocenters. The molecule has 0 saturated carbocycles. The SMILES string of the molecule is CCSc1cc(C(C)=O)cnc1-c1nc2cc(C(F)(F)C(F)(F)F)cnc2n1C. The van der Waals surface area contributed by atoms with Gasteiger partial charge in [-0.1, -0.05) is 6.92 Å². The van der Waals surface area contributed by atoms with Crippen molar-refractivity contribution in [1.29, 1.82) is 0 Å². The first kappa shape index (κ1) is 21.2. The van der Waals surface area contributed by atoms with Crippen molar-refractivity contribution >= 4 is 28.7 Å². The molecule has 0 aliphatic rings. The van der Waals surface area contributed by atoms with Crippen LogP contribution in [0, 0.1) is 0 Å². The molecule has 154 valence electrons. The molecule has 0 amide bonds. The highest BCUT2D eigenvalue weighted by atomic mass is 32.2. The molecule has 11 heteroatoms. The van der Waals surface area contributed by atoms with Crippen LogP contribution >= 0.6 is 11.8 Å². The summed E-state index contributed by atoms with van der Waals surface area (Å²) in [5.41, 5.74) is -0.495. The molecule has 0 fully saturated rings. The summed E-state index contributed by atoms with van der Waals surface area (Å²) in [6, 6.07) is 2.32. The highest BCUT2D eigenvalue weighted by Gasteiger charge is 2.59. The molecule has 0 radical (unpaired) electrons. The fraction of sp³-hybridized carbons (Fsp3) is 0.333. The van der Waals surface area contributed by atoms with E-state index in [0.717, 1.165) is 0 Å². The van der Waals surface area contributed by atoms with E-state index in [-0.39, 0.29) is 22.8 Å². The number of hydrogen-bond acceptors (Lipinski definition) is 5. The number of pyridine rings is 2. The van der Waals surface area contributed by atoms with E-state index in [1.165, 1.54) is 29.4 Å². The zero-order valence-corrected chi connectivity index (χ0v) is 16.3. The van der Waals surface area contributed by atoms with E-state index < -0.39 is 17.7 Å². The Labute approximate surface area is 166 Å². The van der Waals surface area contributed by atoms with E-state index in [0.29, 0.717) is 34.2 Å². The zero-order chi connectivity index (χ0) is 21.6. The van der Waals surface area contributed by atoms with Gasteiger partial charge in [-0.15, -0.1) is 11.8 Å². The molecule has 29 heavy (non-hydrogen) atoms. The summed E-state index contributed by atoms with van der Waals surface area (Å²) in [4.78, 5) is 24.5. The molecule has 0 N–H and O–H groups in total. The molecule has 0 aromatic carbocycles. The first-order chi connectivity index (χ1) is 13.5. The summed E-state index contributed by atoms with van der Waals surface area (Å²) in [5.74, 6) is -4.31. The van der Waals surface area contributed by atoms with Gasteiger partial charge >= 0.3 is 12.1 Å². The number of aromatic nitrogens is 4. The second kappa shape index (κ2) is 7.36. The minimum absolute atomic E-state index is 0.117. The molecule has 0 aliphatic heterocycles. The maximum Gasteiger partial charge on any atom is 0.458 e. The molecule has 0 bridgehead atoms. The quantitative estimate of drug-likeness (QED) is 0.324. The number of hydrogen-bond donors (Lipinski definition) is 0. The molecule has 3 heterocycles. The fourth-order valence-corrected chi connectivity index (χ4v) is 3.50. The van der Waals surface area contributed by atoms with E-state index in [9.17, 15) is 26.7 Å². The topological polar surface area (TPSA) is 60.7 Å². The van der Waals surface area contributed by atoms with Gasteiger partial charge < -0.3 is 4.57 Å². The summed E-state index contributed by atoms with van der Waals surface area (Å²) < 4.78 is 66.8. The summed E-state index contributed by atoms with van der Waals surface area (Å²) in [5, 5.41) is 0. The number of ketones is 1. The van der Waals surface area contributed by atoms with E-state index in [2.05, 4.69) is 15.0 Å². The maximum absolute atomic E-state index is 13.7. The van der Waals surface area contributed by atoms with Crippen LogP contribution in [-0.4, -0.2) is 37.2 Å². The minimum atomic E-state index is -5.74. The van der Waals surface area contributed by atoms with Crippen LogP contribution < -0.4 is 0 Å². The van der Waals surface area contributed by atoms with Crippen LogP contribution in [0.15, 0.2) is 29.4 Å². The van der Waals surface area contributed by atoms with Gasteiger partial charge in [0, 0.05) is 29.9 Å². The van der Waals surface area contributed by atoms with Crippen molar-refractivity contribution in [2.45, 2.75) is 30.8 Å². The Hall–Kier alpha value is -2.56. The molecule has 5 nitrogen and oxygen atoms in total. The Balaban J connectivity index is 2.17. The predicted octanol–water partition coefficient (Wildman–Crippen LogP) is 5.00. The van der Waals surface area contributed by atoms with Crippen molar-refractivity contribution in [3.05, 3.63) is 35.7 Å². The number of halogens is 5. The van der Waals surface area contributed by atoms with Gasteiger partial charge in [-0.3, -0.25) is 9.78 Å². The van der Waals surface area contributed by atoms with Gasteiger partial charge in [0.05, 0.1) is 5.56 Å². The smallest absolute Gasteiger partial charge is 0.310 e. The standard InChI is InChI=1S/C18H15F5N4OS/c1-4-29-13-5-10(9(2)28)7-24-14(13)16-26-12-6-11(8-25-15(12)27(16)3)17(19,20)18(21,22)23/h5-8H,4H2,1-3H3. The van der Waals surface area contributed by atoms with Crippen molar-refractivity contribution in [2.75, 3.05) is 5.75 Å². The Bertz CT molecular complexity index is 1090. The Morgan fingerprint density at radius 2 is 1.83 bits per heavy atom. The monoisotopic (exact) mass is 430 g/mol. The first-order valence-electron chi connectivity index (χ1n) is 8.39. The van der Waals surface area contributed by atoms with E-state index in [1.807, 2.05) is 6.92 Å². The van der Waals surface area contributed by atoms with Crippen molar-refractivity contribution in [3.8, 4) is 11.5 Å². The average Bonchev–Trinajstić information content (AvgIpc) is 2.97. The molecule has 0 aliphatic carbocycles. The summed E-state index contributed by atoms with van der Waals surface area (Å²) in [6.07, 6.45) is -3.88. The second-order valence-corrected chi connectivity index (χ2v) is 7.50.